The summed E-state index contributed by atoms with van der Waals surface area (Å²) in [7, 11) is 0. The molecule has 0 saturated carbocycles. The molecule has 1 aliphatic heterocycles. The van der Waals surface area contributed by atoms with E-state index in [9.17, 15) is 0 Å². The third-order valence-corrected chi connectivity index (χ3v) is 4.42. The van der Waals surface area contributed by atoms with Gasteiger partial charge in [0.15, 0.2) is 5.17 Å². The van der Waals surface area contributed by atoms with Gasteiger partial charge in [-0.25, -0.2) is 0 Å². The van der Waals surface area contributed by atoms with Crippen molar-refractivity contribution in [2.75, 3.05) is 11.9 Å². The fraction of sp³-hybridized carbons (Fsp3) is 0.462. The molecule has 0 fully saturated rings. The van der Waals surface area contributed by atoms with E-state index in [-0.39, 0.29) is 0 Å². The van der Waals surface area contributed by atoms with Crippen molar-refractivity contribution in [2.45, 2.75) is 31.9 Å². The molecule has 1 aromatic carbocycles. The van der Waals surface area contributed by atoms with Gasteiger partial charge < -0.3 is 5.32 Å². The second-order valence-electron chi connectivity index (χ2n) is 4.21. The van der Waals surface area contributed by atoms with E-state index in [1.807, 2.05) is 36.9 Å². The summed E-state index contributed by atoms with van der Waals surface area (Å²) in [6.45, 7) is 5.17. The Kier molecular flexibility index (Phi) is 4.35. The molecule has 0 aliphatic carbocycles. The molecule has 92 valence electrons. The van der Waals surface area contributed by atoms with Crippen LogP contribution < -0.4 is 5.32 Å². The molecular weight excluding hydrogens is 252 g/mol. The van der Waals surface area contributed by atoms with Gasteiger partial charge in [-0.05, 0) is 31.0 Å². The average molecular weight is 269 g/mol. The fourth-order valence-electron chi connectivity index (χ4n) is 1.82. The van der Waals surface area contributed by atoms with Gasteiger partial charge in [0, 0.05) is 16.0 Å². The predicted octanol–water partition coefficient (Wildman–Crippen LogP) is 4.33. The number of nitrogens with one attached hydrogen (secondary N) is 1. The SMILES string of the molecule is CCCC1CN=C(Nc2cccc(Cl)c2C)S1. The van der Waals surface area contributed by atoms with Gasteiger partial charge in [0.1, 0.15) is 0 Å². The number of benzene rings is 1. The van der Waals surface area contributed by atoms with Crippen molar-refractivity contribution in [3.63, 3.8) is 0 Å². The first-order valence-electron chi connectivity index (χ1n) is 5.94. The highest BCUT2D eigenvalue weighted by atomic mass is 35.5. The van der Waals surface area contributed by atoms with Crippen LogP contribution in [0, 0.1) is 6.92 Å². The molecule has 1 N–H and O–H groups in total. The number of nitrogens with zero attached hydrogens (tertiary/aromatic N) is 1. The van der Waals surface area contributed by atoms with E-state index in [0.29, 0.717) is 5.25 Å². The van der Waals surface area contributed by atoms with E-state index in [4.69, 9.17) is 11.6 Å². The standard InChI is InChI=1S/C13H17ClN2S/c1-3-5-10-8-15-13(17-10)16-12-7-4-6-11(14)9(12)2/h4,6-7,10H,3,5,8H2,1-2H3,(H,15,16). The summed E-state index contributed by atoms with van der Waals surface area (Å²) >= 11 is 7.93. The minimum atomic E-state index is 0.641. The fourth-order valence-corrected chi connectivity index (χ4v) is 3.13. The molecule has 0 amide bonds. The lowest BCUT2D eigenvalue weighted by Gasteiger charge is -2.10. The van der Waals surface area contributed by atoms with Crippen LogP contribution in [0.4, 0.5) is 5.69 Å². The summed E-state index contributed by atoms with van der Waals surface area (Å²) in [5.74, 6) is 0. The lowest BCUT2D eigenvalue weighted by Crippen LogP contribution is -2.08. The Morgan fingerprint density at radius 2 is 2.35 bits per heavy atom. The molecule has 1 aromatic rings. The predicted molar refractivity (Wildman–Crippen MR) is 78.4 cm³/mol. The van der Waals surface area contributed by atoms with Gasteiger partial charge in [-0.15, -0.1) is 0 Å². The highest BCUT2D eigenvalue weighted by molar-refractivity contribution is 8.15. The molecule has 17 heavy (non-hydrogen) atoms. The van der Waals surface area contributed by atoms with Crippen molar-refractivity contribution >= 4 is 34.2 Å². The van der Waals surface area contributed by atoms with Gasteiger partial charge in [0.05, 0.1) is 6.54 Å². The van der Waals surface area contributed by atoms with Crippen LogP contribution in [-0.2, 0) is 0 Å². The summed E-state index contributed by atoms with van der Waals surface area (Å²) in [6, 6.07) is 5.91. The summed E-state index contributed by atoms with van der Waals surface area (Å²) in [5, 5.41) is 5.82. The number of rotatable bonds is 3. The third kappa shape index (κ3) is 3.17. The number of amidine groups is 1. The monoisotopic (exact) mass is 268 g/mol. The molecule has 2 rings (SSSR count). The molecule has 0 aromatic heterocycles. The van der Waals surface area contributed by atoms with Gasteiger partial charge in [-0.3, -0.25) is 4.99 Å². The van der Waals surface area contributed by atoms with E-state index in [1.165, 1.54) is 12.8 Å². The Labute approximate surface area is 112 Å². The number of hydrogen-bond donors (Lipinski definition) is 1. The first kappa shape index (κ1) is 12.8. The Morgan fingerprint density at radius 1 is 1.53 bits per heavy atom. The van der Waals surface area contributed by atoms with E-state index in [1.54, 1.807) is 0 Å². The first-order chi connectivity index (χ1) is 8.20. The van der Waals surface area contributed by atoms with Crippen molar-refractivity contribution in [3.8, 4) is 0 Å². The second-order valence-corrected chi connectivity index (χ2v) is 5.91. The van der Waals surface area contributed by atoms with Gasteiger partial charge in [-0.2, -0.15) is 0 Å². The highest BCUT2D eigenvalue weighted by Gasteiger charge is 2.19. The van der Waals surface area contributed by atoms with Crippen molar-refractivity contribution in [2.24, 2.45) is 4.99 Å². The van der Waals surface area contributed by atoms with Crippen LogP contribution in [-0.4, -0.2) is 17.0 Å². The number of thioether (sulfide) groups is 1. The topological polar surface area (TPSA) is 24.4 Å². The van der Waals surface area contributed by atoms with Gasteiger partial charge >= 0.3 is 0 Å². The Bertz CT molecular complexity index is 431. The molecule has 1 unspecified atom stereocenters. The number of halogens is 1. The quantitative estimate of drug-likeness (QED) is 0.882. The number of anilines is 1. The molecule has 0 saturated heterocycles. The van der Waals surface area contributed by atoms with Crippen LogP contribution in [0.3, 0.4) is 0 Å². The maximum Gasteiger partial charge on any atom is 0.161 e. The normalized spacial score (nSPS) is 19.2. The first-order valence-corrected chi connectivity index (χ1v) is 7.19. The molecule has 4 heteroatoms. The van der Waals surface area contributed by atoms with Crippen LogP contribution >= 0.6 is 23.4 Å². The minimum absolute atomic E-state index is 0.641. The van der Waals surface area contributed by atoms with Gasteiger partial charge in [0.2, 0.25) is 0 Å². The summed E-state index contributed by atoms with van der Waals surface area (Å²) in [4.78, 5) is 4.53. The van der Waals surface area contributed by atoms with Crippen LogP contribution in [0.15, 0.2) is 23.2 Å². The highest BCUT2D eigenvalue weighted by Crippen LogP contribution is 2.28. The zero-order valence-corrected chi connectivity index (χ0v) is 11.7. The molecule has 1 atom stereocenters. The Morgan fingerprint density at radius 3 is 3.12 bits per heavy atom. The van der Waals surface area contributed by atoms with E-state index < -0.39 is 0 Å². The summed E-state index contributed by atoms with van der Waals surface area (Å²) in [6.07, 6.45) is 2.45. The third-order valence-electron chi connectivity index (χ3n) is 2.84. The lowest BCUT2D eigenvalue weighted by atomic mass is 10.2. The maximum atomic E-state index is 6.09. The molecule has 1 heterocycles. The minimum Gasteiger partial charge on any atom is -0.335 e. The number of aliphatic imine (C=N–C) groups is 1. The van der Waals surface area contributed by atoms with Crippen molar-refractivity contribution in [3.05, 3.63) is 28.8 Å². The van der Waals surface area contributed by atoms with Crippen LogP contribution in [0.25, 0.3) is 0 Å². The largest absolute Gasteiger partial charge is 0.335 e. The molecule has 0 bridgehead atoms. The molecular formula is C13H17ClN2S. The van der Waals surface area contributed by atoms with Gasteiger partial charge in [0.25, 0.3) is 0 Å². The molecule has 0 radical (unpaired) electrons. The van der Waals surface area contributed by atoms with Crippen LogP contribution in [0.5, 0.6) is 0 Å². The van der Waals surface area contributed by atoms with E-state index in [0.717, 1.165) is 28.0 Å². The van der Waals surface area contributed by atoms with Crippen molar-refractivity contribution < 1.29 is 0 Å². The Hall–Kier alpha value is -0.670. The van der Waals surface area contributed by atoms with Crippen LogP contribution in [0.1, 0.15) is 25.3 Å². The van der Waals surface area contributed by atoms with Gasteiger partial charge in [-0.1, -0.05) is 42.8 Å². The maximum absolute atomic E-state index is 6.09. The summed E-state index contributed by atoms with van der Waals surface area (Å²) in [5.41, 5.74) is 2.14. The lowest BCUT2D eigenvalue weighted by molar-refractivity contribution is 0.754. The van der Waals surface area contributed by atoms with E-state index in [2.05, 4.69) is 17.2 Å². The van der Waals surface area contributed by atoms with E-state index >= 15 is 0 Å². The molecule has 2 nitrogen and oxygen atoms in total. The average Bonchev–Trinajstić information content (AvgIpc) is 2.73. The number of hydrogen-bond acceptors (Lipinski definition) is 3. The molecule has 1 aliphatic rings. The molecule has 0 spiro atoms. The smallest absolute Gasteiger partial charge is 0.161 e. The Balaban J connectivity index is 2.01. The van der Waals surface area contributed by atoms with Crippen molar-refractivity contribution in [1.82, 2.24) is 0 Å². The second kappa shape index (κ2) is 5.78. The van der Waals surface area contributed by atoms with Crippen LogP contribution in [0.2, 0.25) is 5.02 Å². The zero-order valence-electron chi connectivity index (χ0n) is 10.2. The zero-order chi connectivity index (χ0) is 12.3. The summed E-state index contributed by atoms with van der Waals surface area (Å²) < 4.78 is 0. The van der Waals surface area contributed by atoms with Crippen molar-refractivity contribution in [1.29, 1.82) is 0 Å².